The van der Waals surface area contributed by atoms with Crippen molar-refractivity contribution < 1.29 is 33.2 Å². The zero-order valence-corrected chi connectivity index (χ0v) is 15.2. The van der Waals surface area contributed by atoms with Gasteiger partial charge in [-0.2, -0.15) is 0 Å². The molecule has 0 aliphatic carbocycles. The fourth-order valence-corrected chi connectivity index (χ4v) is 3.58. The Morgan fingerprint density at radius 2 is 1.84 bits per heavy atom. The van der Waals surface area contributed by atoms with Crippen LogP contribution in [0.3, 0.4) is 0 Å². The van der Waals surface area contributed by atoms with Gasteiger partial charge in [-0.05, 0) is 34.1 Å². The minimum absolute atomic E-state index is 0.0198. The van der Waals surface area contributed by atoms with Crippen molar-refractivity contribution >= 4 is 5.97 Å². The third-order valence-corrected chi connectivity index (χ3v) is 4.53. The van der Waals surface area contributed by atoms with Crippen molar-refractivity contribution in [2.45, 2.75) is 82.6 Å². The van der Waals surface area contributed by atoms with Crippen LogP contribution in [0.2, 0.25) is 0 Å². The summed E-state index contributed by atoms with van der Waals surface area (Å²) >= 11 is 0. The summed E-state index contributed by atoms with van der Waals surface area (Å²) < 4.78 is 34.7. The second kappa shape index (κ2) is 6.86. The molecule has 140 valence electrons. The van der Waals surface area contributed by atoms with Crippen LogP contribution >= 0.6 is 0 Å². The van der Waals surface area contributed by atoms with Crippen LogP contribution in [0, 0.1) is 12.3 Å². The Hall–Kier alpha value is -1.17. The van der Waals surface area contributed by atoms with Crippen molar-refractivity contribution in [3.8, 4) is 12.3 Å². The van der Waals surface area contributed by atoms with E-state index in [1.165, 1.54) is 0 Å². The first-order valence-electron chi connectivity index (χ1n) is 8.63. The highest BCUT2D eigenvalue weighted by Crippen LogP contribution is 2.43. The summed E-state index contributed by atoms with van der Waals surface area (Å²) in [5.74, 6) is 0.588. The molecule has 0 saturated carbocycles. The molecule has 0 aromatic heterocycles. The van der Waals surface area contributed by atoms with Gasteiger partial charge in [-0.3, -0.25) is 4.79 Å². The number of esters is 1. The molecule has 25 heavy (non-hydrogen) atoms. The molecule has 7 heteroatoms. The molecule has 3 fully saturated rings. The average molecular weight is 354 g/mol. The molecule has 0 aromatic rings. The maximum absolute atomic E-state index is 11.7. The Morgan fingerprint density at radius 1 is 1.12 bits per heavy atom. The van der Waals surface area contributed by atoms with E-state index in [4.69, 9.17) is 34.8 Å². The Morgan fingerprint density at radius 3 is 2.48 bits per heavy atom. The maximum Gasteiger partial charge on any atom is 0.306 e. The highest BCUT2D eigenvalue weighted by molar-refractivity contribution is 5.69. The predicted octanol–water partition coefficient (Wildman–Crippen LogP) is 1.38. The Labute approximate surface area is 148 Å². The van der Waals surface area contributed by atoms with E-state index in [0.717, 1.165) is 0 Å². The van der Waals surface area contributed by atoms with Crippen molar-refractivity contribution in [3.63, 3.8) is 0 Å². The van der Waals surface area contributed by atoms with Crippen LogP contribution in [0.15, 0.2) is 0 Å². The molecule has 0 spiro atoms. The first kappa shape index (κ1) is 18.6. The molecule has 0 radical (unpaired) electrons. The van der Waals surface area contributed by atoms with E-state index in [9.17, 15) is 4.79 Å². The van der Waals surface area contributed by atoms with Crippen LogP contribution in [0.4, 0.5) is 0 Å². The molecule has 0 amide bonds. The molecular weight excluding hydrogens is 328 g/mol. The molecular formula is C18H26O7. The normalized spacial score (nSPS) is 38.3. The molecule has 0 aromatic carbocycles. The number of carbonyl (C=O) groups excluding carboxylic acids is 1. The van der Waals surface area contributed by atoms with Gasteiger partial charge in [-0.15, -0.1) is 6.42 Å². The van der Waals surface area contributed by atoms with Crippen LogP contribution < -0.4 is 0 Å². The third-order valence-electron chi connectivity index (χ3n) is 4.53. The molecule has 3 heterocycles. The van der Waals surface area contributed by atoms with E-state index in [2.05, 4.69) is 5.92 Å². The lowest BCUT2D eigenvalue weighted by molar-refractivity contribution is -0.207. The van der Waals surface area contributed by atoms with Crippen molar-refractivity contribution in [1.29, 1.82) is 0 Å². The van der Waals surface area contributed by atoms with Gasteiger partial charge < -0.3 is 28.4 Å². The Kier molecular flexibility index (Phi) is 5.11. The highest BCUT2D eigenvalue weighted by atomic mass is 16.8. The zero-order chi connectivity index (χ0) is 18.2. The van der Waals surface area contributed by atoms with E-state index in [1.807, 2.05) is 27.7 Å². The lowest BCUT2D eigenvalue weighted by atomic mass is 10.0. The Bertz CT molecular complexity index is 550. The minimum atomic E-state index is -0.700. The third kappa shape index (κ3) is 4.15. The number of rotatable bonds is 5. The number of carbonyl (C=O) groups is 1. The highest BCUT2D eigenvalue weighted by Gasteiger charge is 2.58. The summed E-state index contributed by atoms with van der Waals surface area (Å²) in [4.78, 5) is 11.7. The maximum atomic E-state index is 11.7. The molecule has 7 nitrogen and oxygen atoms in total. The van der Waals surface area contributed by atoms with Crippen LogP contribution in [0.25, 0.3) is 0 Å². The second-order valence-electron chi connectivity index (χ2n) is 7.47. The Balaban J connectivity index is 1.64. The SMILES string of the molecule is C#CCOC(=O)CC[C@H]1O[C@H]([C@H]2COC(C)(C)O2)[C@@H]2OC(C)(C)O[C@@H]21. The molecule has 0 N–H and O–H groups in total. The van der Waals surface area contributed by atoms with Crippen LogP contribution in [-0.2, 0) is 33.2 Å². The molecule has 3 rings (SSSR count). The topological polar surface area (TPSA) is 72.5 Å². The molecule has 5 atom stereocenters. The first-order valence-corrected chi connectivity index (χ1v) is 8.63. The first-order chi connectivity index (χ1) is 11.7. The van der Waals surface area contributed by atoms with Gasteiger partial charge >= 0.3 is 5.97 Å². The lowest BCUT2D eigenvalue weighted by Crippen LogP contribution is -2.40. The summed E-state index contributed by atoms with van der Waals surface area (Å²) in [5.41, 5.74) is 0. The van der Waals surface area contributed by atoms with Gasteiger partial charge in [0, 0.05) is 6.42 Å². The zero-order valence-electron chi connectivity index (χ0n) is 15.2. The summed E-state index contributed by atoms with van der Waals surface area (Å²) in [6.07, 6.45) is 4.43. The number of hydrogen-bond donors (Lipinski definition) is 0. The van der Waals surface area contributed by atoms with E-state index in [1.54, 1.807) is 0 Å². The van der Waals surface area contributed by atoms with Gasteiger partial charge in [0.1, 0.15) is 24.4 Å². The van der Waals surface area contributed by atoms with Gasteiger partial charge in [-0.1, -0.05) is 5.92 Å². The van der Waals surface area contributed by atoms with Crippen molar-refractivity contribution in [3.05, 3.63) is 0 Å². The van der Waals surface area contributed by atoms with E-state index in [0.29, 0.717) is 13.0 Å². The summed E-state index contributed by atoms with van der Waals surface area (Å²) in [6.45, 7) is 7.89. The van der Waals surface area contributed by atoms with Gasteiger partial charge in [0.15, 0.2) is 18.2 Å². The summed E-state index contributed by atoms with van der Waals surface area (Å²) in [6, 6.07) is 0. The lowest BCUT2D eigenvalue weighted by Gasteiger charge is -2.27. The number of terminal acetylenes is 1. The number of hydrogen-bond acceptors (Lipinski definition) is 7. The van der Waals surface area contributed by atoms with Gasteiger partial charge in [0.05, 0.1) is 12.7 Å². The monoisotopic (exact) mass is 354 g/mol. The molecule has 3 saturated heterocycles. The molecule has 0 unspecified atom stereocenters. The second-order valence-corrected chi connectivity index (χ2v) is 7.47. The predicted molar refractivity (Wildman–Crippen MR) is 86.4 cm³/mol. The summed E-state index contributed by atoms with van der Waals surface area (Å²) in [5, 5.41) is 0. The van der Waals surface area contributed by atoms with E-state index < -0.39 is 11.6 Å². The molecule has 3 aliphatic rings. The fourth-order valence-electron chi connectivity index (χ4n) is 3.58. The van der Waals surface area contributed by atoms with Crippen molar-refractivity contribution in [2.75, 3.05) is 13.2 Å². The van der Waals surface area contributed by atoms with Crippen LogP contribution in [-0.4, -0.2) is 61.3 Å². The van der Waals surface area contributed by atoms with E-state index >= 15 is 0 Å². The largest absolute Gasteiger partial charge is 0.452 e. The van der Waals surface area contributed by atoms with Crippen LogP contribution in [0.1, 0.15) is 40.5 Å². The molecule has 3 aliphatic heterocycles. The number of ether oxygens (including phenoxy) is 6. The smallest absolute Gasteiger partial charge is 0.306 e. The minimum Gasteiger partial charge on any atom is -0.452 e. The van der Waals surface area contributed by atoms with Gasteiger partial charge in [-0.25, -0.2) is 0 Å². The molecule has 0 bridgehead atoms. The standard InChI is InChI=1S/C18H26O7/c1-6-9-20-13(19)8-7-11-15-16(25-18(4,5)24-15)14(22-11)12-10-21-17(2,3)23-12/h1,11-12,14-16H,7-10H2,2-5H3/t11-,12-,14-,15-,16+/m1/s1. The van der Waals surface area contributed by atoms with Crippen molar-refractivity contribution in [1.82, 2.24) is 0 Å². The van der Waals surface area contributed by atoms with E-state index in [-0.39, 0.29) is 49.5 Å². The van der Waals surface area contributed by atoms with Gasteiger partial charge in [0.2, 0.25) is 0 Å². The fraction of sp³-hybridized carbons (Fsp3) is 0.833. The van der Waals surface area contributed by atoms with Gasteiger partial charge in [0.25, 0.3) is 0 Å². The van der Waals surface area contributed by atoms with Crippen LogP contribution in [0.5, 0.6) is 0 Å². The number of fused-ring (bicyclic) bond motifs is 1. The van der Waals surface area contributed by atoms with Crippen molar-refractivity contribution in [2.24, 2.45) is 0 Å². The quantitative estimate of drug-likeness (QED) is 0.545. The summed E-state index contributed by atoms with van der Waals surface area (Å²) in [7, 11) is 0. The average Bonchev–Trinajstić information content (AvgIpc) is 3.13.